The number of rotatable bonds is 4. The Bertz CT molecular complexity index is 366. The van der Waals surface area contributed by atoms with Crippen LogP contribution in [0.15, 0.2) is 12.1 Å². The zero-order valence-corrected chi connectivity index (χ0v) is 9.58. The first-order valence-corrected chi connectivity index (χ1v) is 5.74. The smallest absolute Gasteiger partial charge is 0.163 e. The predicted molar refractivity (Wildman–Crippen MR) is 65.2 cm³/mol. The summed E-state index contributed by atoms with van der Waals surface area (Å²) < 4.78 is 11.0. The Morgan fingerprint density at radius 3 is 2.62 bits per heavy atom. The lowest BCUT2D eigenvalue weighted by molar-refractivity contribution is 0.172. The van der Waals surface area contributed by atoms with Gasteiger partial charge >= 0.3 is 0 Å². The fraction of sp³-hybridized carbons (Fsp3) is 0.500. The number of hydrogen-bond acceptors (Lipinski definition) is 4. The summed E-state index contributed by atoms with van der Waals surface area (Å²) in [6.45, 7) is 4.29. The highest BCUT2D eigenvalue weighted by Gasteiger charge is 2.14. The molecule has 1 aliphatic rings. The summed E-state index contributed by atoms with van der Waals surface area (Å²) in [6, 6.07) is 3.74. The Morgan fingerprint density at radius 1 is 1.25 bits per heavy atom. The summed E-state index contributed by atoms with van der Waals surface area (Å²) in [5.41, 5.74) is 7.57. The van der Waals surface area contributed by atoms with Gasteiger partial charge in [-0.3, -0.25) is 0 Å². The summed E-state index contributed by atoms with van der Waals surface area (Å²) in [4.78, 5) is 0. The molecule has 4 nitrogen and oxygen atoms in total. The standard InChI is InChI=1S/C12H18N2O2/c1-2-3-4-14-10-8-12-11(7-9(10)13)15-5-6-16-12/h7-8,14H,2-6,13H2,1H3. The highest BCUT2D eigenvalue weighted by atomic mass is 16.6. The van der Waals surface area contributed by atoms with Gasteiger partial charge in [0.2, 0.25) is 0 Å². The molecule has 0 radical (unpaired) electrons. The van der Waals surface area contributed by atoms with Crippen LogP contribution in [0.3, 0.4) is 0 Å². The molecule has 0 unspecified atom stereocenters. The van der Waals surface area contributed by atoms with Crippen molar-refractivity contribution in [1.82, 2.24) is 0 Å². The lowest BCUT2D eigenvalue weighted by Gasteiger charge is -2.20. The van der Waals surface area contributed by atoms with Crippen LogP contribution in [0.5, 0.6) is 11.5 Å². The van der Waals surface area contributed by atoms with E-state index in [9.17, 15) is 0 Å². The number of fused-ring (bicyclic) bond motifs is 1. The summed E-state index contributed by atoms with van der Waals surface area (Å²) in [5, 5.41) is 3.30. The van der Waals surface area contributed by atoms with Crippen molar-refractivity contribution in [3.8, 4) is 11.5 Å². The fourth-order valence-corrected chi connectivity index (χ4v) is 1.66. The van der Waals surface area contributed by atoms with Crippen molar-refractivity contribution in [1.29, 1.82) is 0 Å². The van der Waals surface area contributed by atoms with E-state index in [0.29, 0.717) is 18.9 Å². The van der Waals surface area contributed by atoms with Gasteiger partial charge in [0.15, 0.2) is 11.5 Å². The Kier molecular flexibility index (Phi) is 3.39. The van der Waals surface area contributed by atoms with E-state index < -0.39 is 0 Å². The number of anilines is 2. The van der Waals surface area contributed by atoms with Crippen LogP contribution in [0.4, 0.5) is 11.4 Å². The molecule has 0 aromatic heterocycles. The van der Waals surface area contributed by atoms with Gasteiger partial charge in [0.1, 0.15) is 13.2 Å². The Balaban J connectivity index is 2.12. The SMILES string of the molecule is CCCCNc1cc2c(cc1N)OCCO2. The monoisotopic (exact) mass is 222 g/mol. The quantitative estimate of drug-likeness (QED) is 0.606. The maximum atomic E-state index is 5.93. The molecule has 1 heterocycles. The molecule has 0 amide bonds. The van der Waals surface area contributed by atoms with Gasteiger partial charge in [0.05, 0.1) is 11.4 Å². The predicted octanol–water partition coefficient (Wildman–Crippen LogP) is 2.25. The minimum absolute atomic E-state index is 0.592. The average molecular weight is 222 g/mol. The Hall–Kier alpha value is -1.58. The van der Waals surface area contributed by atoms with E-state index in [1.54, 1.807) is 0 Å². The van der Waals surface area contributed by atoms with E-state index in [4.69, 9.17) is 15.2 Å². The Morgan fingerprint density at radius 2 is 1.94 bits per heavy atom. The largest absolute Gasteiger partial charge is 0.486 e. The second-order valence-electron chi connectivity index (χ2n) is 3.86. The summed E-state index contributed by atoms with van der Waals surface area (Å²) >= 11 is 0. The number of benzene rings is 1. The van der Waals surface area contributed by atoms with E-state index in [-0.39, 0.29) is 0 Å². The first-order chi connectivity index (χ1) is 7.81. The number of ether oxygens (including phenoxy) is 2. The number of unbranched alkanes of at least 4 members (excludes halogenated alkanes) is 1. The van der Waals surface area contributed by atoms with Gasteiger partial charge in [0, 0.05) is 18.7 Å². The van der Waals surface area contributed by atoms with Gasteiger partial charge in [-0.05, 0) is 6.42 Å². The van der Waals surface area contributed by atoms with E-state index in [2.05, 4.69) is 12.2 Å². The first-order valence-electron chi connectivity index (χ1n) is 5.74. The first kappa shape index (κ1) is 10.9. The Labute approximate surface area is 95.7 Å². The minimum atomic E-state index is 0.592. The summed E-state index contributed by atoms with van der Waals surface area (Å²) in [5.74, 6) is 1.52. The second-order valence-corrected chi connectivity index (χ2v) is 3.86. The molecule has 0 saturated carbocycles. The van der Waals surface area contributed by atoms with Crippen LogP contribution in [-0.2, 0) is 0 Å². The molecule has 0 bridgehead atoms. The van der Waals surface area contributed by atoms with E-state index >= 15 is 0 Å². The molecule has 0 fully saturated rings. The van der Waals surface area contributed by atoms with Gasteiger partial charge in [-0.1, -0.05) is 13.3 Å². The van der Waals surface area contributed by atoms with E-state index in [0.717, 1.165) is 36.6 Å². The van der Waals surface area contributed by atoms with Gasteiger partial charge in [0.25, 0.3) is 0 Å². The topological polar surface area (TPSA) is 56.5 Å². The fourth-order valence-electron chi connectivity index (χ4n) is 1.66. The average Bonchev–Trinajstić information content (AvgIpc) is 2.30. The lowest BCUT2D eigenvalue weighted by atomic mass is 10.2. The van der Waals surface area contributed by atoms with Crippen molar-refractivity contribution in [3.63, 3.8) is 0 Å². The molecule has 0 spiro atoms. The van der Waals surface area contributed by atoms with Crippen LogP contribution < -0.4 is 20.5 Å². The molecule has 1 aromatic carbocycles. The van der Waals surface area contributed by atoms with Gasteiger partial charge < -0.3 is 20.5 Å². The second kappa shape index (κ2) is 4.96. The van der Waals surface area contributed by atoms with Crippen molar-refractivity contribution in [2.24, 2.45) is 0 Å². The molecule has 4 heteroatoms. The highest BCUT2D eigenvalue weighted by Crippen LogP contribution is 2.36. The van der Waals surface area contributed by atoms with Crippen LogP contribution >= 0.6 is 0 Å². The molecule has 1 aliphatic heterocycles. The van der Waals surface area contributed by atoms with E-state index in [1.807, 2.05) is 12.1 Å². The highest BCUT2D eigenvalue weighted by molar-refractivity contribution is 5.72. The molecule has 88 valence electrons. The van der Waals surface area contributed by atoms with Gasteiger partial charge in [-0.2, -0.15) is 0 Å². The van der Waals surface area contributed by atoms with Crippen LogP contribution in [0, 0.1) is 0 Å². The normalized spacial score (nSPS) is 13.6. The zero-order valence-electron chi connectivity index (χ0n) is 9.58. The van der Waals surface area contributed by atoms with Crippen LogP contribution in [0.1, 0.15) is 19.8 Å². The number of hydrogen-bond donors (Lipinski definition) is 2. The third-order valence-corrected chi connectivity index (χ3v) is 2.56. The maximum absolute atomic E-state index is 5.93. The van der Waals surface area contributed by atoms with Gasteiger partial charge in [-0.25, -0.2) is 0 Å². The van der Waals surface area contributed by atoms with Crippen LogP contribution in [-0.4, -0.2) is 19.8 Å². The minimum Gasteiger partial charge on any atom is -0.486 e. The molecule has 1 aromatic rings. The lowest BCUT2D eigenvalue weighted by Crippen LogP contribution is -2.16. The number of nitrogens with one attached hydrogen (secondary N) is 1. The third kappa shape index (κ3) is 2.32. The summed E-state index contributed by atoms with van der Waals surface area (Å²) in [7, 11) is 0. The molecule has 3 N–H and O–H groups in total. The number of nitrogens with two attached hydrogens (primary N) is 1. The number of nitrogen functional groups attached to an aromatic ring is 1. The van der Waals surface area contributed by atoms with E-state index in [1.165, 1.54) is 0 Å². The molecule has 16 heavy (non-hydrogen) atoms. The maximum Gasteiger partial charge on any atom is 0.163 e. The van der Waals surface area contributed by atoms with Crippen molar-refractivity contribution < 1.29 is 9.47 Å². The molecule has 0 atom stereocenters. The van der Waals surface area contributed by atoms with Crippen molar-refractivity contribution >= 4 is 11.4 Å². The van der Waals surface area contributed by atoms with Crippen LogP contribution in [0.2, 0.25) is 0 Å². The van der Waals surface area contributed by atoms with Crippen molar-refractivity contribution in [3.05, 3.63) is 12.1 Å². The molecule has 0 saturated heterocycles. The summed E-state index contributed by atoms with van der Waals surface area (Å²) in [6.07, 6.45) is 2.30. The molecular weight excluding hydrogens is 204 g/mol. The van der Waals surface area contributed by atoms with Crippen molar-refractivity contribution in [2.75, 3.05) is 30.8 Å². The molecule has 2 rings (SSSR count). The zero-order chi connectivity index (χ0) is 11.4. The van der Waals surface area contributed by atoms with Crippen molar-refractivity contribution in [2.45, 2.75) is 19.8 Å². The molecular formula is C12H18N2O2. The van der Waals surface area contributed by atoms with Gasteiger partial charge in [-0.15, -0.1) is 0 Å². The third-order valence-electron chi connectivity index (χ3n) is 2.56. The molecule has 0 aliphatic carbocycles. The van der Waals surface area contributed by atoms with Crippen LogP contribution in [0.25, 0.3) is 0 Å².